The summed E-state index contributed by atoms with van der Waals surface area (Å²) < 4.78 is 49.1. The van der Waals surface area contributed by atoms with Gasteiger partial charge in [0, 0.05) is 17.9 Å². The molecule has 0 aromatic rings. The van der Waals surface area contributed by atoms with Crippen LogP contribution in [0.25, 0.3) is 0 Å². The number of allylic oxidation sites excluding steroid dienone is 3. The molecule has 440 valence electrons. The summed E-state index contributed by atoms with van der Waals surface area (Å²) in [5.74, 6) is -1.57. The summed E-state index contributed by atoms with van der Waals surface area (Å²) in [7, 11) is 0. The van der Waals surface area contributed by atoms with E-state index >= 15 is 0 Å². The van der Waals surface area contributed by atoms with Crippen LogP contribution in [0.15, 0.2) is 23.3 Å². The van der Waals surface area contributed by atoms with Crippen molar-refractivity contribution in [3.63, 3.8) is 0 Å². The third-order valence-electron chi connectivity index (χ3n) is 20.9. The van der Waals surface area contributed by atoms with E-state index in [1.165, 1.54) is 6.92 Å². The SMILES string of the molecule is CC=C(C)C(=O)O[C@H]1[C@H](OC(C)=O)[C@]2(CO)[C@H](O)C[C@]3(C)C(=CC[C@@H]4[C@@]5(C)CC[C@H](O[C@@H]6O[C@H](CO)[C@@H](O[C@@H]7O[C@H](CO)[C@@H](O)[C@H](O)[C@H]7O)[C@H](O)[C@H]6O[C@@H]6O[C@H](CO)[C@H](O)[C@H](O)[C@H]6O)C(C)(C)[C@@H]5CC[C@]43C)[C@H]2CC1(C)C. The van der Waals surface area contributed by atoms with Gasteiger partial charge in [0.25, 0.3) is 0 Å². The number of rotatable bonds is 13. The van der Waals surface area contributed by atoms with Gasteiger partial charge in [0.1, 0.15) is 85.5 Å². The van der Waals surface area contributed by atoms with Gasteiger partial charge in [-0.25, -0.2) is 4.79 Å². The molecule has 0 aromatic heterocycles. The number of ether oxygens (including phenoxy) is 8. The summed E-state index contributed by atoms with van der Waals surface area (Å²) in [6.45, 7) is 16.8. The van der Waals surface area contributed by atoms with Crippen molar-refractivity contribution in [2.75, 3.05) is 26.4 Å². The van der Waals surface area contributed by atoms with E-state index in [0.717, 1.165) is 18.4 Å². The standard InChI is InChI=1S/C55H88O22/c1-11-24(2)46(69)77-44-45(70-25(3)60)55(23-59)27(18-50(44,4)5)26-12-13-32-52(8)16-15-34(51(6,7)31(52)14-17-53(32,9)54(26,10)19-33(55)61)74-49-43(76-48-40(67)38(65)36(63)29(21-57)72-48)41(68)42(30(22-58)73-49)75-47-39(66)37(64)35(62)28(20-56)71-47/h11-12,27-45,47-49,56-59,61-68H,13-23H2,1-10H3/t27-,28-,29-,30-,31+,32-,33-,34+,35-,36+,37+,38+,39-,40-,41+,42-,43-,44+,45+,47+,48+,49+,52+,53-,54-,55+/m1/s1. The normalized spacial score (nSPS) is 50.5. The van der Waals surface area contributed by atoms with Crippen LogP contribution in [0.4, 0.5) is 0 Å². The third-order valence-corrected chi connectivity index (χ3v) is 20.9. The highest BCUT2D eigenvalue weighted by molar-refractivity contribution is 5.87. The Morgan fingerprint density at radius 1 is 0.636 bits per heavy atom. The first-order valence-corrected chi connectivity index (χ1v) is 27.5. The molecule has 0 spiro atoms. The molecule has 3 aliphatic heterocycles. The number of hydrogen-bond donors (Lipinski definition) is 12. The lowest BCUT2D eigenvalue weighted by Gasteiger charge is -2.72. The number of aliphatic hydroxyl groups is 12. The molecule has 8 rings (SSSR count). The van der Waals surface area contributed by atoms with Crippen molar-refractivity contribution < 1.29 is 109 Å². The van der Waals surface area contributed by atoms with Gasteiger partial charge in [0.2, 0.25) is 0 Å². The zero-order valence-corrected chi connectivity index (χ0v) is 46.1. The van der Waals surface area contributed by atoms with Gasteiger partial charge in [0.15, 0.2) is 18.9 Å². The van der Waals surface area contributed by atoms with E-state index in [-0.39, 0.29) is 23.7 Å². The molecule has 22 heteroatoms. The predicted molar refractivity (Wildman–Crippen MR) is 267 cm³/mol. The molecule has 77 heavy (non-hydrogen) atoms. The quantitative estimate of drug-likeness (QED) is 0.0484. The molecule has 3 saturated heterocycles. The largest absolute Gasteiger partial charge is 0.458 e. The van der Waals surface area contributed by atoms with E-state index < -0.39 is 188 Å². The van der Waals surface area contributed by atoms with E-state index in [9.17, 15) is 70.9 Å². The number of carbonyl (C=O) groups excluding carboxylic acids is 2. The molecule has 0 radical (unpaired) electrons. The molecular formula is C55H88O22. The van der Waals surface area contributed by atoms with Gasteiger partial charge in [-0.05, 0) is 98.2 Å². The van der Waals surface area contributed by atoms with Gasteiger partial charge in [-0.1, -0.05) is 66.2 Å². The summed E-state index contributed by atoms with van der Waals surface area (Å²) in [6, 6.07) is 0. The fourth-order valence-electron chi connectivity index (χ4n) is 16.3. The van der Waals surface area contributed by atoms with E-state index in [2.05, 4.69) is 40.7 Å². The van der Waals surface area contributed by atoms with E-state index in [1.807, 2.05) is 13.8 Å². The molecule has 3 heterocycles. The lowest BCUT2D eigenvalue weighted by molar-refractivity contribution is -0.395. The highest BCUT2D eigenvalue weighted by Crippen LogP contribution is 2.76. The molecule has 4 saturated carbocycles. The van der Waals surface area contributed by atoms with Gasteiger partial charge in [-0.2, -0.15) is 0 Å². The first-order chi connectivity index (χ1) is 36.0. The van der Waals surface area contributed by atoms with E-state index in [0.29, 0.717) is 31.3 Å². The summed E-state index contributed by atoms with van der Waals surface area (Å²) in [4.78, 5) is 26.4. The van der Waals surface area contributed by atoms with Gasteiger partial charge >= 0.3 is 11.9 Å². The molecule has 26 atom stereocenters. The van der Waals surface area contributed by atoms with Crippen LogP contribution in [0.3, 0.4) is 0 Å². The Hall–Kier alpha value is -2.30. The lowest BCUT2D eigenvalue weighted by atomic mass is 9.33. The minimum atomic E-state index is -1.92. The Morgan fingerprint density at radius 3 is 1.73 bits per heavy atom. The van der Waals surface area contributed by atoms with Gasteiger partial charge < -0.3 is 99.2 Å². The first-order valence-electron chi connectivity index (χ1n) is 27.5. The van der Waals surface area contributed by atoms with Crippen molar-refractivity contribution in [2.45, 2.75) is 231 Å². The summed E-state index contributed by atoms with van der Waals surface area (Å²) in [6.07, 6.45) is -21.6. The van der Waals surface area contributed by atoms with Crippen molar-refractivity contribution in [3.8, 4) is 0 Å². The van der Waals surface area contributed by atoms with Crippen LogP contribution in [0.2, 0.25) is 0 Å². The van der Waals surface area contributed by atoms with Crippen LogP contribution in [0.5, 0.6) is 0 Å². The van der Waals surface area contributed by atoms with E-state index in [1.54, 1.807) is 19.9 Å². The zero-order chi connectivity index (χ0) is 56.9. The van der Waals surface area contributed by atoms with Crippen molar-refractivity contribution >= 4 is 11.9 Å². The molecule has 0 aromatic carbocycles. The molecule has 7 fully saturated rings. The highest BCUT2D eigenvalue weighted by atomic mass is 16.8. The third kappa shape index (κ3) is 9.79. The number of esters is 2. The van der Waals surface area contributed by atoms with Crippen LogP contribution < -0.4 is 0 Å². The average molecular weight is 1100 g/mol. The van der Waals surface area contributed by atoms with Crippen LogP contribution in [0, 0.1) is 50.2 Å². The van der Waals surface area contributed by atoms with Gasteiger partial charge in [-0.3, -0.25) is 4.79 Å². The number of fused-ring (bicyclic) bond motifs is 7. The molecule has 0 unspecified atom stereocenters. The van der Waals surface area contributed by atoms with Gasteiger partial charge in [-0.15, -0.1) is 0 Å². The zero-order valence-electron chi connectivity index (χ0n) is 46.1. The second-order valence-electron chi connectivity index (χ2n) is 25.7. The number of aliphatic hydroxyl groups excluding tert-OH is 12. The fraction of sp³-hybridized carbons (Fsp3) is 0.891. The van der Waals surface area contributed by atoms with Gasteiger partial charge in [0.05, 0.1) is 44.1 Å². The maximum absolute atomic E-state index is 13.4. The molecule has 22 nitrogen and oxygen atoms in total. The molecule has 0 bridgehead atoms. The number of hydrogen-bond acceptors (Lipinski definition) is 22. The van der Waals surface area contributed by atoms with Crippen LogP contribution in [-0.2, 0) is 47.5 Å². The minimum Gasteiger partial charge on any atom is -0.458 e. The van der Waals surface area contributed by atoms with Crippen molar-refractivity contribution in [1.29, 1.82) is 0 Å². The minimum absolute atomic E-state index is 0.00249. The molecule has 0 amide bonds. The Bertz CT molecular complexity index is 2190. The number of carbonyl (C=O) groups is 2. The Morgan fingerprint density at radius 2 is 1.19 bits per heavy atom. The predicted octanol–water partition coefficient (Wildman–Crippen LogP) is -0.386. The second kappa shape index (κ2) is 22.1. The smallest absolute Gasteiger partial charge is 0.333 e. The second-order valence-corrected chi connectivity index (χ2v) is 25.7. The summed E-state index contributed by atoms with van der Waals surface area (Å²) >= 11 is 0. The van der Waals surface area contributed by atoms with Crippen molar-refractivity contribution in [1.82, 2.24) is 0 Å². The molecule has 5 aliphatic carbocycles. The van der Waals surface area contributed by atoms with Crippen molar-refractivity contribution in [2.24, 2.45) is 50.2 Å². The molecule has 8 aliphatic rings. The highest BCUT2D eigenvalue weighted by Gasteiger charge is 2.74. The lowest BCUT2D eigenvalue weighted by Crippen LogP contribution is -2.72. The Balaban J connectivity index is 1.09. The summed E-state index contributed by atoms with van der Waals surface area (Å²) in [5.41, 5.74) is -2.64. The first kappa shape index (κ1) is 60.8. The topological polar surface area (TPSA) is 351 Å². The van der Waals surface area contributed by atoms with Crippen LogP contribution in [-0.4, -0.2) is 216 Å². The maximum atomic E-state index is 13.4. The summed E-state index contributed by atoms with van der Waals surface area (Å²) in [5, 5.41) is 132. The van der Waals surface area contributed by atoms with Crippen LogP contribution >= 0.6 is 0 Å². The molecule has 12 N–H and O–H groups in total. The average Bonchev–Trinajstić information content (AvgIpc) is 3.48. The van der Waals surface area contributed by atoms with Crippen molar-refractivity contribution in [3.05, 3.63) is 23.3 Å². The Kier molecular flexibility index (Phi) is 17.5. The molecular weight excluding hydrogens is 1010 g/mol. The monoisotopic (exact) mass is 1100 g/mol. The fourth-order valence-corrected chi connectivity index (χ4v) is 16.3. The maximum Gasteiger partial charge on any atom is 0.333 e. The Labute approximate surface area is 450 Å². The van der Waals surface area contributed by atoms with Crippen LogP contribution in [0.1, 0.15) is 114 Å². The van der Waals surface area contributed by atoms with E-state index in [4.69, 9.17) is 37.9 Å².